The molecule has 0 fully saturated rings. The largest absolute Gasteiger partial charge is 0.264 e. The predicted molar refractivity (Wildman–Crippen MR) is 273 cm³/mol. The van der Waals surface area contributed by atoms with E-state index in [1.165, 1.54) is 33.4 Å². The number of hydrogen-bond acceptors (Lipinski definition) is 4. The van der Waals surface area contributed by atoms with Gasteiger partial charge in [-0.2, -0.15) is 0 Å². The van der Waals surface area contributed by atoms with Crippen LogP contribution in [0.3, 0.4) is 0 Å². The van der Waals surface area contributed by atoms with E-state index in [0.29, 0.717) is 0 Å². The SMILES string of the molecule is c1ccc(C2(c3ccccc3)c3ccccc3-c3ccc(-c4cc(-c5cccc(-c6cccc(-c7cccnc7)n6)c5)cc(-c5cccc(-c6cccc(-c7cccnc7)n6)c5)c4)cc32)cc1. The van der Waals surface area contributed by atoms with Gasteiger partial charge in [0.15, 0.2) is 0 Å². The predicted octanol–water partition coefficient (Wildman–Crippen LogP) is 15.3. The molecule has 0 unspecified atom stereocenters. The number of fused-ring (bicyclic) bond motifs is 3. The van der Waals surface area contributed by atoms with Gasteiger partial charge in [0.1, 0.15) is 0 Å². The third kappa shape index (κ3) is 7.22. The summed E-state index contributed by atoms with van der Waals surface area (Å²) < 4.78 is 0. The Labute approximate surface area is 390 Å². The van der Waals surface area contributed by atoms with Crippen LogP contribution in [0.1, 0.15) is 22.3 Å². The Morgan fingerprint density at radius 3 is 1.16 bits per heavy atom. The second kappa shape index (κ2) is 16.9. The van der Waals surface area contributed by atoms with Crippen molar-refractivity contribution in [2.75, 3.05) is 0 Å². The molecule has 0 spiro atoms. The molecule has 0 amide bonds. The van der Waals surface area contributed by atoms with Gasteiger partial charge in [-0.15, -0.1) is 0 Å². The standard InChI is InChI=1S/C63H42N4/c1-3-21-53(22-4-1)63(54-23-5-2-6-24-54)57-26-8-7-25-55(57)56-32-31-45(40-58(56)63)52-38-50(43-15-9-17-46(35-43)59-27-11-29-61(66-59)48-19-13-33-64-41-48)37-51(39-52)44-16-10-18-47(36-44)60-28-12-30-62(67-60)49-20-14-34-65-42-49/h1-42H. The second-order valence-electron chi connectivity index (χ2n) is 17.0. The van der Waals surface area contributed by atoms with E-state index in [-0.39, 0.29) is 0 Å². The van der Waals surface area contributed by atoms with Crippen molar-refractivity contribution in [3.63, 3.8) is 0 Å². The number of benzene rings is 7. The molecule has 0 bridgehead atoms. The Morgan fingerprint density at radius 1 is 0.254 bits per heavy atom. The minimum Gasteiger partial charge on any atom is -0.264 e. The Hall–Kier alpha value is -8.86. The quantitative estimate of drug-likeness (QED) is 0.145. The van der Waals surface area contributed by atoms with Gasteiger partial charge in [0.2, 0.25) is 0 Å². The van der Waals surface area contributed by atoms with Crippen molar-refractivity contribution >= 4 is 0 Å². The van der Waals surface area contributed by atoms with Gasteiger partial charge in [0, 0.05) is 47.0 Å². The molecule has 0 saturated carbocycles. The Bertz CT molecular complexity index is 3390. The first-order valence-corrected chi connectivity index (χ1v) is 22.7. The molecule has 7 aromatic carbocycles. The van der Waals surface area contributed by atoms with E-state index in [2.05, 4.69) is 204 Å². The first-order chi connectivity index (χ1) is 33.2. The topological polar surface area (TPSA) is 51.6 Å². The van der Waals surface area contributed by atoms with Crippen molar-refractivity contribution in [3.8, 4) is 89.5 Å². The van der Waals surface area contributed by atoms with Crippen LogP contribution in [-0.4, -0.2) is 19.9 Å². The third-order valence-corrected chi connectivity index (χ3v) is 13.1. The average molecular weight is 855 g/mol. The fourth-order valence-electron chi connectivity index (χ4n) is 10.0. The van der Waals surface area contributed by atoms with Gasteiger partial charge in [-0.05, 0) is 152 Å². The molecule has 67 heavy (non-hydrogen) atoms. The van der Waals surface area contributed by atoms with E-state index in [1.807, 2.05) is 48.8 Å². The Balaban J connectivity index is 1.03. The summed E-state index contributed by atoms with van der Waals surface area (Å²) >= 11 is 0. The highest BCUT2D eigenvalue weighted by Gasteiger charge is 2.46. The third-order valence-electron chi connectivity index (χ3n) is 13.1. The van der Waals surface area contributed by atoms with Crippen molar-refractivity contribution in [3.05, 3.63) is 278 Å². The van der Waals surface area contributed by atoms with Crippen molar-refractivity contribution < 1.29 is 0 Å². The zero-order valence-electron chi connectivity index (χ0n) is 36.5. The molecule has 11 aromatic rings. The van der Waals surface area contributed by atoms with Crippen molar-refractivity contribution in [2.45, 2.75) is 5.41 Å². The lowest BCUT2D eigenvalue weighted by atomic mass is 9.67. The molecule has 1 aliphatic carbocycles. The molecule has 0 N–H and O–H groups in total. The van der Waals surface area contributed by atoms with Gasteiger partial charge in [-0.3, -0.25) is 9.97 Å². The average Bonchev–Trinajstić information content (AvgIpc) is 3.72. The van der Waals surface area contributed by atoms with E-state index < -0.39 is 5.41 Å². The fraction of sp³-hybridized carbons (Fsp3) is 0.0159. The van der Waals surface area contributed by atoms with Crippen LogP contribution >= 0.6 is 0 Å². The number of aromatic nitrogens is 4. The lowest BCUT2D eigenvalue weighted by Crippen LogP contribution is -2.28. The summed E-state index contributed by atoms with van der Waals surface area (Å²) in [4.78, 5) is 18.9. The second-order valence-corrected chi connectivity index (χ2v) is 17.0. The van der Waals surface area contributed by atoms with Crippen LogP contribution in [-0.2, 0) is 5.41 Å². The number of hydrogen-bond donors (Lipinski definition) is 0. The molecule has 314 valence electrons. The van der Waals surface area contributed by atoms with Crippen molar-refractivity contribution in [1.82, 2.24) is 19.9 Å². The summed E-state index contributed by atoms with van der Waals surface area (Å²) in [6.07, 6.45) is 7.30. The first-order valence-electron chi connectivity index (χ1n) is 22.7. The van der Waals surface area contributed by atoms with Gasteiger partial charge in [-0.25, -0.2) is 9.97 Å². The minimum absolute atomic E-state index is 0.512. The van der Waals surface area contributed by atoms with Crippen LogP contribution in [0.5, 0.6) is 0 Å². The summed E-state index contributed by atoms with van der Waals surface area (Å²) in [5, 5.41) is 0. The van der Waals surface area contributed by atoms with Gasteiger partial charge in [0.05, 0.1) is 28.2 Å². The Kier molecular flexibility index (Phi) is 10.0. The van der Waals surface area contributed by atoms with Crippen LogP contribution in [0.25, 0.3) is 89.5 Å². The number of pyridine rings is 4. The summed E-state index contributed by atoms with van der Waals surface area (Å²) in [5.41, 5.74) is 21.4. The molecule has 0 saturated heterocycles. The summed E-state index contributed by atoms with van der Waals surface area (Å²) in [5.74, 6) is 0. The van der Waals surface area contributed by atoms with Crippen LogP contribution in [0.4, 0.5) is 0 Å². The van der Waals surface area contributed by atoms with Crippen LogP contribution in [0.15, 0.2) is 255 Å². The normalized spacial score (nSPS) is 12.3. The maximum atomic E-state index is 5.11. The molecule has 0 aliphatic heterocycles. The highest BCUT2D eigenvalue weighted by Crippen LogP contribution is 2.57. The van der Waals surface area contributed by atoms with E-state index in [4.69, 9.17) is 9.97 Å². The van der Waals surface area contributed by atoms with Crippen molar-refractivity contribution in [2.24, 2.45) is 0 Å². The highest BCUT2D eigenvalue weighted by atomic mass is 14.7. The summed E-state index contributed by atoms with van der Waals surface area (Å²) in [7, 11) is 0. The Morgan fingerprint density at radius 2 is 0.657 bits per heavy atom. The molecule has 0 atom stereocenters. The molecule has 0 radical (unpaired) electrons. The van der Waals surface area contributed by atoms with Gasteiger partial charge >= 0.3 is 0 Å². The van der Waals surface area contributed by atoms with E-state index in [9.17, 15) is 0 Å². The zero-order valence-corrected chi connectivity index (χ0v) is 36.5. The molecular weight excluding hydrogens is 813 g/mol. The summed E-state index contributed by atoms with van der Waals surface area (Å²) in [6.45, 7) is 0. The van der Waals surface area contributed by atoms with Gasteiger partial charge in [-0.1, -0.05) is 146 Å². The lowest BCUT2D eigenvalue weighted by molar-refractivity contribution is 0.769. The first kappa shape index (κ1) is 39.7. The van der Waals surface area contributed by atoms with Crippen LogP contribution in [0.2, 0.25) is 0 Å². The molecule has 1 aliphatic rings. The highest BCUT2D eigenvalue weighted by molar-refractivity contribution is 5.90. The van der Waals surface area contributed by atoms with Crippen LogP contribution < -0.4 is 0 Å². The maximum absolute atomic E-state index is 5.11. The van der Waals surface area contributed by atoms with Gasteiger partial charge < -0.3 is 0 Å². The molecule has 4 aromatic heterocycles. The maximum Gasteiger partial charge on any atom is 0.0725 e. The zero-order chi connectivity index (χ0) is 44.6. The summed E-state index contributed by atoms with van der Waals surface area (Å²) in [6, 6.07) is 82.9. The van der Waals surface area contributed by atoms with E-state index in [1.54, 1.807) is 12.4 Å². The smallest absolute Gasteiger partial charge is 0.0725 e. The monoisotopic (exact) mass is 854 g/mol. The van der Waals surface area contributed by atoms with Gasteiger partial charge in [0.25, 0.3) is 0 Å². The fourth-order valence-corrected chi connectivity index (χ4v) is 10.0. The number of rotatable bonds is 9. The molecule has 4 heterocycles. The van der Waals surface area contributed by atoms with Crippen molar-refractivity contribution in [1.29, 1.82) is 0 Å². The van der Waals surface area contributed by atoms with E-state index >= 15 is 0 Å². The molecule has 12 rings (SSSR count). The number of nitrogens with zero attached hydrogens (tertiary/aromatic N) is 4. The van der Waals surface area contributed by atoms with Crippen LogP contribution in [0, 0.1) is 0 Å². The molecule has 4 nitrogen and oxygen atoms in total. The minimum atomic E-state index is -0.512. The van der Waals surface area contributed by atoms with E-state index in [0.717, 1.165) is 78.4 Å². The lowest BCUT2D eigenvalue weighted by Gasteiger charge is -2.34. The molecular formula is C63H42N4. The molecule has 4 heteroatoms.